The number of aromatic nitrogens is 2. The number of para-hydroxylation sites is 1. The van der Waals surface area contributed by atoms with Crippen LogP contribution in [0.4, 0.5) is 13.2 Å². The molecule has 0 aliphatic carbocycles. The second kappa shape index (κ2) is 7.56. The molecule has 0 bridgehead atoms. The number of nitrogens with zero attached hydrogens (tertiary/aromatic N) is 1. The minimum atomic E-state index is -4.97. The van der Waals surface area contributed by atoms with Crippen molar-refractivity contribution >= 4 is 16.9 Å². The van der Waals surface area contributed by atoms with Gasteiger partial charge in [0.1, 0.15) is 17.9 Å². The Labute approximate surface area is 151 Å². The van der Waals surface area contributed by atoms with Gasteiger partial charge in [-0.3, -0.25) is 4.79 Å². The van der Waals surface area contributed by atoms with E-state index in [1.54, 1.807) is 48.5 Å². The molecular weight excluding hydrogens is 363 g/mol. The highest BCUT2D eigenvalue weighted by molar-refractivity contribution is 5.82. The third kappa shape index (κ3) is 4.49. The standard InChI is InChI=1S/C18H16F3N3O3/c19-18(20,21)16(25)24(11-12-5-2-1-3-6-12)9-10-27-14-8-4-7-13-15(14)23-17(26)22-13/h1-8H,9-11H2,(H2,22,23,26). The van der Waals surface area contributed by atoms with Crippen LogP contribution in [0.5, 0.6) is 5.75 Å². The quantitative estimate of drug-likeness (QED) is 0.691. The van der Waals surface area contributed by atoms with Gasteiger partial charge in [-0.15, -0.1) is 0 Å². The van der Waals surface area contributed by atoms with Gasteiger partial charge in [0.2, 0.25) is 0 Å². The maximum absolute atomic E-state index is 12.9. The van der Waals surface area contributed by atoms with E-state index in [1.165, 1.54) is 0 Å². The van der Waals surface area contributed by atoms with E-state index in [0.717, 1.165) is 0 Å². The Hall–Kier alpha value is -3.23. The first-order valence-corrected chi connectivity index (χ1v) is 8.08. The largest absolute Gasteiger partial charge is 0.489 e. The molecule has 0 radical (unpaired) electrons. The second-order valence-corrected chi connectivity index (χ2v) is 5.82. The highest BCUT2D eigenvalue weighted by Gasteiger charge is 2.42. The van der Waals surface area contributed by atoms with Gasteiger partial charge in [0.05, 0.1) is 12.1 Å². The molecule has 0 spiro atoms. The number of carbonyl (C=O) groups is 1. The third-order valence-electron chi connectivity index (χ3n) is 3.88. The molecule has 1 heterocycles. The Balaban J connectivity index is 1.72. The fourth-order valence-electron chi connectivity index (χ4n) is 2.65. The van der Waals surface area contributed by atoms with E-state index in [0.29, 0.717) is 27.2 Å². The smallest absolute Gasteiger partial charge is 0.471 e. The number of hydrogen-bond donors (Lipinski definition) is 2. The van der Waals surface area contributed by atoms with Crippen molar-refractivity contribution in [1.29, 1.82) is 0 Å². The highest BCUT2D eigenvalue weighted by Crippen LogP contribution is 2.22. The van der Waals surface area contributed by atoms with E-state index in [9.17, 15) is 22.8 Å². The molecule has 3 rings (SSSR count). The SMILES string of the molecule is O=C(N(CCOc1cccc2[nH]c(=O)[nH]c12)Cc1ccccc1)C(F)(F)F. The Morgan fingerprint density at radius 2 is 1.78 bits per heavy atom. The minimum Gasteiger partial charge on any atom is -0.489 e. The average molecular weight is 379 g/mol. The third-order valence-corrected chi connectivity index (χ3v) is 3.88. The molecule has 27 heavy (non-hydrogen) atoms. The zero-order valence-corrected chi connectivity index (χ0v) is 14.0. The Kier molecular flexibility index (Phi) is 5.20. The number of benzene rings is 2. The van der Waals surface area contributed by atoms with Crippen molar-refractivity contribution in [2.75, 3.05) is 13.2 Å². The number of fused-ring (bicyclic) bond motifs is 1. The number of ether oxygens (including phenoxy) is 1. The first kappa shape index (κ1) is 18.6. The lowest BCUT2D eigenvalue weighted by Crippen LogP contribution is -2.42. The van der Waals surface area contributed by atoms with Crippen molar-refractivity contribution in [3.8, 4) is 5.75 Å². The molecule has 3 aromatic rings. The van der Waals surface area contributed by atoms with Crippen LogP contribution in [0.1, 0.15) is 5.56 Å². The number of alkyl halides is 3. The lowest BCUT2D eigenvalue weighted by molar-refractivity contribution is -0.186. The van der Waals surface area contributed by atoms with Crippen molar-refractivity contribution in [3.05, 3.63) is 64.6 Å². The molecule has 2 aromatic carbocycles. The Bertz CT molecular complexity index is 980. The maximum Gasteiger partial charge on any atom is 0.471 e. The zero-order valence-electron chi connectivity index (χ0n) is 14.0. The topological polar surface area (TPSA) is 78.2 Å². The lowest BCUT2D eigenvalue weighted by atomic mass is 10.2. The van der Waals surface area contributed by atoms with Gasteiger partial charge in [-0.2, -0.15) is 13.2 Å². The number of halogens is 3. The van der Waals surface area contributed by atoms with Gasteiger partial charge in [0, 0.05) is 6.54 Å². The van der Waals surface area contributed by atoms with Crippen LogP contribution in [0.3, 0.4) is 0 Å². The summed E-state index contributed by atoms with van der Waals surface area (Å²) in [5.41, 5.74) is 1.09. The molecule has 0 saturated carbocycles. The van der Waals surface area contributed by atoms with Gasteiger partial charge < -0.3 is 19.6 Å². The van der Waals surface area contributed by atoms with Gasteiger partial charge >= 0.3 is 17.8 Å². The van der Waals surface area contributed by atoms with Crippen molar-refractivity contribution in [2.24, 2.45) is 0 Å². The van der Waals surface area contributed by atoms with Crippen LogP contribution in [0, 0.1) is 0 Å². The van der Waals surface area contributed by atoms with E-state index in [1.807, 2.05) is 0 Å². The monoisotopic (exact) mass is 379 g/mol. The summed E-state index contributed by atoms with van der Waals surface area (Å²) in [6.45, 7) is -0.618. The summed E-state index contributed by atoms with van der Waals surface area (Å²) in [7, 11) is 0. The molecule has 142 valence electrons. The maximum atomic E-state index is 12.9. The van der Waals surface area contributed by atoms with Gasteiger partial charge in [0.15, 0.2) is 0 Å². The van der Waals surface area contributed by atoms with Crippen LogP contribution in [-0.2, 0) is 11.3 Å². The van der Waals surface area contributed by atoms with Crippen molar-refractivity contribution in [3.63, 3.8) is 0 Å². The summed E-state index contributed by atoms with van der Waals surface area (Å²) in [5.74, 6) is -1.62. The van der Waals surface area contributed by atoms with Gasteiger partial charge in [-0.05, 0) is 17.7 Å². The molecule has 0 fully saturated rings. The summed E-state index contributed by atoms with van der Waals surface area (Å²) in [4.78, 5) is 28.9. The van der Waals surface area contributed by atoms with Crippen LogP contribution in [0.15, 0.2) is 53.3 Å². The first-order valence-electron chi connectivity index (χ1n) is 8.08. The Morgan fingerprint density at radius 3 is 2.48 bits per heavy atom. The van der Waals surface area contributed by atoms with E-state index in [-0.39, 0.29) is 19.7 Å². The van der Waals surface area contributed by atoms with E-state index >= 15 is 0 Å². The zero-order chi connectivity index (χ0) is 19.4. The van der Waals surface area contributed by atoms with Crippen LogP contribution < -0.4 is 10.4 Å². The average Bonchev–Trinajstić information content (AvgIpc) is 3.01. The molecule has 0 unspecified atom stereocenters. The van der Waals surface area contributed by atoms with Crippen molar-refractivity contribution < 1.29 is 22.7 Å². The van der Waals surface area contributed by atoms with E-state index in [2.05, 4.69) is 9.97 Å². The fraction of sp³-hybridized carbons (Fsp3) is 0.222. The van der Waals surface area contributed by atoms with Crippen LogP contribution >= 0.6 is 0 Å². The molecule has 1 amide bonds. The van der Waals surface area contributed by atoms with Gasteiger partial charge in [-0.1, -0.05) is 36.4 Å². The van der Waals surface area contributed by atoms with Crippen LogP contribution in [0.25, 0.3) is 11.0 Å². The number of H-pyrrole nitrogens is 2. The molecule has 6 nitrogen and oxygen atoms in total. The summed E-state index contributed by atoms with van der Waals surface area (Å²) in [6.07, 6.45) is -4.97. The van der Waals surface area contributed by atoms with E-state index in [4.69, 9.17) is 4.74 Å². The fourth-order valence-corrected chi connectivity index (χ4v) is 2.65. The predicted molar refractivity (Wildman–Crippen MR) is 92.3 cm³/mol. The van der Waals surface area contributed by atoms with Crippen LogP contribution in [-0.4, -0.2) is 40.1 Å². The number of hydrogen-bond acceptors (Lipinski definition) is 3. The van der Waals surface area contributed by atoms with Gasteiger partial charge in [0.25, 0.3) is 0 Å². The number of rotatable bonds is 6. The van der Waals surface area contributed by atoms with Crippen molar-refractivity contribution in [2.45, 2.75) is 12.7 Å². The molecule has 9 heteroatoms. The molecule has 0 saturated heterocycles. The number of carbonyl (C=O) groups excluding carboxylic acids is 1. The highest BCUT2D eigenvalue weighted by atomic mass is 19.4. The minimum absolute atomic E-state index is 0.166. The molecule has 0 atom stereocenters. The van der Waals surface area contributed by atoms with E-state index < -0.39 is 17.8 Å². The Morgan fingerprint density at radius 1 is 1.04 bits per heavy atom. The van der Waals surface area contributed by atoms with Crippen LogP contribution in [0.2, 0.25) is 0 Å². The summed E-state index contributed by atoms with van der Waals surface area (Å²) in [5, 5.41) is 0. The summed E-state index contributed by atoms with van der Waals surface area (Å²) in [6, 6.07) is 13.3. The number of imidazole rings is 1. The molecule has 1 aromatic heterocycles. The van der Waals surface area contributed by atoms with Crippen molar-refractivity contribution in [1.82, 2.24) is 14.9 Å². The molecule has 0 aliphatic rings. The number of amides is 1. The molecular formula is C18H16F3N3O3. The second-order valence-electron chi connectivity index (χ2n) is 5.82. The first-order chi connectivity index (χ1) is 12.8. The molecule has 2 N–H and O–H groups in total. The summed E-state index contributed by atoms with van der Waals surface area (Å²) < 4.78 is 44.2. The number of nitrogens with one attached hydrogen (secondary N) is 2. The summed E-state index contributed by atoms with van der Waals surface area (Å²) >= 11 is 0. The number of aromatic amines is 2. The van der Waals surface area contributed by atoms with Gasteiger partial charge in [-0.25, -0.2) is 4.79 Å². The lowest BCUT2D eigenvalue weighted by Gasteiger charge is -2.24. The predicted octanol–water partition coefficient (Wildman–Crippen LogP) is 2.83. The molecule has 0 aliphatic heterocycles. The normalized spacial score (nSPS) is 11.5.